The first kappa shape index (κ1) is 24.8. The van der Waals surface area contributed by atoms with Crippen molar-refractivity contribution < 1.29 is 4.79 Å². The van der Waals surface area contributed by atoms with E-state index in [1.165, 1.54) is 0 Å². The van der Waals surface area contributed by atoms with Gasteiger partial charge < -0.3 is 9.80 Å². The zero-order valence-corrected chi connectivity index (χ0v) is 20.5. The number of hydrogen-bond donors (Lipinski definition) is 0. The first-order chi connectivity index (χ1) is 14.5. The summed E-state index contributed by atoms with van der Waals surface area (Å²) in [5.41, 5.74) is 3.39. The molecule has 0 saturated carbocycles. The molecule has 0 saturated heterocycles. The molecular weight excluding hydrogens is 448 g/mol. The van der Waals surface area contributed by atoms with Crippen molar-refractivity contribution in [2.75, 3.05) is 13.6 Å². The summed E-state index contributed by atoms with van der Waals surface area (Å²) in [7, 11) is 2.12. The molecule has 0 N–H and O–H groups in total. The summed E-state index contributed by atoms with van der Waals surface area (Å²) >= 11 is 0. The van der Waals surface area contributed by atoms with Crippen LogP contribution in [0, 0.1) is 0 Å². The average molecular weight is 481 g/mol. The van der Waals surface area contributed by atoms with E-state index in [1.807, 2.05) is 42.5 Å². The maximum atomic E-state index is 13.2. The van der Waals surface area contributed by atoms with E-state index in [2.05, 4.69) is 79.2 Å². The number of carbonyl (C=O) groups excluding carboxylic acids is 1. The van der Waals surface area contributed by atoms with Gasteiger partial charge >= 0.3 is 0 Å². The fourth-order valence-electron chi connectivity index (χ4n) is 3.88. The lowest BCUT2D eigenvalue weighted by atomic mass is 9.93. The summed E-state index contributed by atoms with van der Waals surface area (Å²) in [4.78, 5) is 17.6. The molecule has 0 spiro atoms. The summed E-state index contributed by atoms with van der Waals surface area (Å²) in [5.74, 6) is 0.0683. The predicted octanol–water partition coefficient (Wildman–Crippen LogP) is 6.28. The van der Waals surface area contributed by atoms with Crippen molar-refractivity contribution in [1.29, 1.82) is 0 Å². The summed E-state index contributed by atoms with van der Waals surface area (Å²) in [6, 6.07) is 31.2. The molecule has 0 heterocycles. The molecule has 3 aromatic rings. The zero-order valence-electron chi connectivity index (χ0n) is 18.8. The Bertz CT molecular complexity index is 876. The Morgan fingerprint density at radius 2 is 1.13 bits per heavy atom. The molecule has 1 amide bonds. The molecule has 3 rings (SSSR count). The molecule has 3 aromatic carbocycles. The summed E-state index contributed by atoms with van der Waals surface area (Å²) in [6.07, 6.45) is 0. The van der Waals surface area contributed by atoms with Crippen LogP contribution >= 0.6 is 17.0 Å². The number of likely N-dealkylation sites (N-methyl/N-ethyl adjacent to an activating group) is 1. The van der Waals surface area contributed by atoms with Crippen LogP contribution in [0.25, 0.3) is 0 Å². The van der Waals surface area contributed by atoms with Gasteiger partial charge in [0.2, 0.25) is 5.91 Å². The third kappa shape index (κ3) is 6.28. The third-order valence-corrected chi connectivity index (χ3v) is 5.73. The summed E-state index contributed by atoms with van der Waals surface area (Å²) < 4.78 is 0. The Morgan fingerprint density at radius 1 is 0.742 bits per heavy atom. The second kappa shape index (κ2) is 11.8. The second-order valence-electron chi connectivity index (χ2n) is 8.11. The van der Waals surface area contributed by atoms with Gasteiger partial charge in [-0.1, -0.05) is 91.0 Å². The minimum atomic E-state index is -0.157. The first-order valence-electron chi connectivity index (χ1n) is 10.6. The van der Waals surface area contributed by atoms with E-state index in [0.29, 0.717) is 6.04 Å². The van der Waals surface area contributed by atoms with E-state index >= 15 is 0 Å². The van der Waals surface area contributed by atoms with E-state index in [1.54, 1.807) is 6.92 Å². The van der Waals surface area contributed by atoms with Gasteiger partial charge in [-0.3, -0.25) is 4.79 Å². The van der Waals surface area contributed by atoms with Gasteiger partial charge in [-0.2, -0.15) is 0 Å². The fraction of sp³-hybridized carbons (Fsp3) is 0.296. The van der Waals surface area contributed by atoms with Gasteiger partial charge in [0.1, 0.15) is 0 Å². The molecule has 3 nitrogen and oxygen atoms in total. The van der Waals surface area contributed by atoms with Crippen molar-refractivity contribution in [1.82, 2.24) is 9.80 Å². The highest BCUT2D eigenvalue weighted by molar-refractivity contribution is 8.93. The van der Waals surface area contributed by atoms with Gasteiger partial charge in [0.25, 0.3) is 0 Å². The van der Waals surface area contributed by atoms with Crippen LogP contribution in [-0.4, -0.2) is 35.3 Å². The normalized spacial score (nSPS) is 12.0. The van der Waals surface area contributed by atoms with Gasteiger partial charge in [0.05, 0.1) is 12.1 Å². The molecule has 0 fully saturated rings. The molecule has 1 unspecified atom stereocenters. The Labute approximate surface area is 197 Å². The lowest BCUT2D eigenvalue weighted by Crippen LogP contribution is -2.43. The number of amides is 1. The Hall–Kier alpha value is -2.43. The van der Waals surface area contributed by atoms with E-state index in [9.17, 15) is 4.79 Å². The largest absolute Gasteiger partial charge is 0.323 e. The average Bonchev–Trinajstić information content (AvgIpc) is 2.77. The Morgan fingerprint density at radius 3 is 1.48 bits per heavy atom. The van der Waals surface area contributed by atoms with Crippen molar-refractivity contribution in [3.8, 4) is 0 Å². The molecule has 4 heteroatoms. The lowest BCUT2D eigenvalue weighted by Gasteiger charge is -2.41. The highest BCUT2D eigenvalue weighted by Gasteiger charge is 2.33. The lowest BCUT2D eigenvalue weighted by molar-refractivity contribution is -0.134. The van der Waals surface area contributed by atoms with Crippen molar-refractivity contribution >= 4 is 22.9 Å². The molecule has 0 aliphatic heterocycles. The standard InChI is InChI=1S/C27H32N2O.BrH/c1-21(2)28(4)20-26(23-14-8-5-9-15-23)29(22(3)30)27(24-16-10-6-11-17-24)25-18-12-7-13-19-25;/h5-19,21,26-27H,20H2,1-4H3;1H. The van der Waals surface area contributed by atoms with Crippen molar-refractivity contribution in [3.63, 3.8) is 0 Å². The maximum Gasteiger partial charge on any atom is 0.220 e. The number of nitrogens with zero attached hydrogens (tertiary/aromatic N) is 2. The molecule has 0 bridgehead atoms. The van der Waals surface area contributed by atoms with Gasteiger partial charge in [-0.25, -0.2) is 0 Å². The van der Waals surface area contributed by atoms with Crippen molar-refractivity contribution in [2.45, 2.75) is 38.9 Å². The van der Waals surface area contributed by atoms with Crippen LogP contribution in [0.1, 0.15) is 49.5 Å². The minimum Gasteiger partial charge on any atom is -0.323 e. The molecule has 164 valence electrons. The predicted molar refractivity (Wildman–Crippen MR) is 135 cm³/mol. The van der Waals surface area contributed by atoms with E-state index in [4.69, 9.17) is 0 Å². The molecule has 0 radical (unpaired) electrons. The summed E-state index contributed by atoms with van der Waals surface area (Å²) in [6.45, 7) is 6.82. The fourth-order valence-corrected chi connectivity index (χ4v) is 3.88. The van der Waals surface area contributed by atoms with Gasteiger partial charge in [-0.05, 0) is 37.6 Å². The maximum absolute atomic E-state index is 13.2. The number of benzene rings is 3. The highest BCUT2D eigenvalue weighted by atomic mass is 79.9. The zero-order chi connectivity index (χ0) is 21.5. The monoisotopic (exact) mass is 480 g/mol. The Balaban J connectivity index is 0.00000341. The molecule has 31 heavy (non-hydrogen) atoms. The van der Waals surface area contributed by atoms with Gasteiger partial charge in [0.15, 0.2) is 0 Å². The molecule has 0 aliphatic rings. The number of carbonyl (C=O) groups is 1. The van der Waals surface area contributed by atoms with Crippen LogP contribution < -0.4 is 0 Å². The quantitative estimate of drug-likeness (QED) is 0.378. The first-order valence-corrected chi connectivity index (χ1v) is 10.6. The molecule has 0 aromatic heterocycles. The highest BCUT2D eigenvalue weighted by Crippen LogP contribution is 2.36. The summed E-state index contributed by atoms with van der Waals surface area (Å²) in [5, 5.41) is 0. The van der Waals surface area contributed by atoms with Crippen molar-refractivity contribution in [3.05, 3.63) is 108 Å². The van der Waals surface area contributed by atoms with Gasteiger partial charge in [-0.15, -0.1) is 17.0 Å². The van der Waals surface area contributed by atoms with Crippen LogP contribution in [0.4, 0.5) is 0 Å². The van der Waals surface area contributed by atoms with E-state index in [0.717, 1.165) is 23.2 Å². The van der Waals surface area contributed by atoms with Crippen LogP contribution in [0.3, 0.4) is 0 Å². The molecule has 1 atom stereocenters. The number of halogens is 1. The van der Waals surface area contributed by atoms with E-state index in [-0.39, 0.29) is 35.0 Å². The smallest absolute Gasteiger partial charge is 0.220 e. The topological polar surface area (TPSA) is 23.6 Å². The van der Waals surface area contributed by atoms with Crippen LogP contribution in [0.5, 0.6) is 0 Å². The molecular formula is C27H33BrN2O. The van der Waals surface area contributed by atoms with Gasteiger partial charge in [0, 0.05) is 19.5 Å². The second-order valence-corrected chi connectivity index (χ2v) is 8.11. The molecule has 0 aliphatic carbocycles. The van der Waals surface area contributed by atoms with Crippen LogP contribution in [-0.2, 0) is 4.79 Å². The SMILES string of the molecule is Br.CC(=O)N(C(CN(C)C(C)C)c1ccccc1)C(c1ccccc1)c1ccccc1. The Kier molecular flexibility index (Phi) is 9.47. The van der Waals surface area contributed by atoms with E-state index < -0.39 is 0 Å². The van der Waals surface area contributed by atoms with Crippen molar-refractivity contribution in [2.24, 2.45) is 0 Å². The van der Waals surface area contributed by atoms with Crippen LogP contribution in [0.15, 0.2) is 91.0 Å². The van der Waals surface area contributed by atoms with Crippen LogP contribution in [0.2, 0.25) is 0 Å². The third-order valence-electron chi connectivity index (χ3n) is 5.73. The number of hydrogen-bond acceptors (Lipinski definition) is 2. The number of rotatable bonds is 8. The minimum absolute atomic E-state index is 0.